The minimum absolute atomic E-state index is 0.0399. The van der Waals surface area contributed by atoms with Gasteiger partial charge in [0.25, 0.3) is 0 Å². The molecule has 0 aromatic carbocycles. The van der Waals surface area contributed by atoms with E-state index >= 15 is 0 Å². The fourth-order valence-electron chi connectivity index (χ4n) is 1.57. The quantitative estimate of drug-likeness (QED) is 0.507. The van der Waals surface area contributed by atoms with Gasteiger partial charge in [0.05, 0.1) is 6.10 Å². The number of hydrazine groups is 2. The Hall–Kier alpha value is -0.900. The number of hydrogen-bond donors (Lipinski definition) is 4. The van der Waals surface area contributed by atoms with Crippen LogP contribution in [0.4, 0.5) is 13.2 Å². The number of carboxylic acids is 1. The highest BCUT2D eigenvalue weighted by molar-refractivity contribution is 5.73. The third kappa shape index (κ3) is 4.86. The Morgan fingerprint density at radius 3 is 2.59 bits per heavy atom. The van der Waals surface area contributed by atoms with Crippen molar-refractivity contribution >= 4 is 5.97 Å². The number of β-amino-alcohol motifs (C(OH)–C–C–N with tert-alkyl or cyclic N) is 1. The van der Waals surface area contributed by atoms with Crippen LogP contribution in [0, 0.1) is 0 Å². The topological polar surface area (TPSA) is 84.8 Å². The van der Waals surface area contributed by atoms with E-state index in [0.29, 0.717) is 6.42 Å². The summed E-state index contributed by atoms with van der Waals surface area (Å²) in [5.74, 6) is -1.14. The molecular weight excluding hydrogens is 243 g/mol. The number of aliphatic hydroxyl groups is 1. The highest BCUT2D eigenvalue weighted by Crippen LogP contribution is 2.16. The van der Waals surface area contributed by atoms with Crippen molar-refractivity contribution in [2.45, 2.75) is 31.2 Å². The van der Waals surface area contributed by atoms with Crippen LogP contribution in [0.2, 0.25) is 0 Å². The van der Waals surface area contributed by atoms with E-state index in [0.717, 1.165) is 5.01 Å². The fourth-order valence-corrected chi connectivity index (χ4v) is 1.57. The first-order valence-corrected chi connectivity index (χ1v) is 5.02. The molecule has 0 amide bonds. The molecule has 0 bridgehead atoms. The van der Waals surface area contributed by atoms with Crippen molar-refractivity contribution in [1.29, 1.82) is 0 Å². The zero-order valence-electron chi connectivity index (χ0n) is 8.87. The van der Waals surface area contributed by atoms with Gasteiger partial charge in [-0.1, -0.05) is 0 Å². The lowest BCUT2D eigenvalue weighted by Gasteiger charge is -2.35. The van der Waals surface area contributed by atoms with Crippen molar-refractivity contribution < 1.29 is 28.2 Å². The van der Waals surface area contributed by atoms with Crippen LogP contribution in [0.5, 0.6) is 0 Å². The number of aliphatic hydroxyl groups excluding tert-OH is 1. The van der Waals surface area contributed by atoms with E-state index in [9.17, 15) is 23.1 Å². The third-order valence-electron chi connectivity index (χ3n) is 2.35. The second kappa shape index (κ2) is 5.63. The van der Waals surface area contributed by atoms with Gasteiger partial charge in [0.15, 0.2) is 0 Å². The molecule has 2 unspecified atom stereocenters. The number of aliphatic carboxylic acids is 1. The van der Waals surface area contributed by atoms with Crippen LogP contribution in [0.15, 0.2) is 0 Å². The molecule has 0 aromatic rings. The van der Waals surface area contributed by atoms with E-state index in [1.165, 1.54) is 0 Å². The molecule has 1 rings (SSSR count). The lowest BCUT2D eigenvalue weighted by Crippen LogP contribution is -2.60. The third-order valence-corrected chi connectivity index (χ3v) is 2.35. The largest absolute Gasteiger partial charge is 0.480 e. The smallest absolute Gasteiger partial charge is 0.402 e. The van der Waals surface area contributed by atoms with Crippen molar-refractivity contribution in [2.75, 3.05) is 13.1 Å². The summed E-state index contributed by atoms with van der Waals surface area (Å²) in [6, 6.07) is -0.945. The number of halogens is 3. The predicted octanol–water partition coefficient (Wildman–Crippen LogP) is -0.532. The minimum atomic E-state index is -4.39. The normalized spacial score (nSPS) is 27.1. The Bertz CT molecular complexity index is 274. The first kappa shape index (κ1) is 14.2. The molecule has 0 aliphatic carbocycles. The number of carboxylic acid groups (broad SMARTS) is 1. The van der Waals surface area contributed by atoms with Crippen LogP contribution in [-0.4, -0.2) is 52.6 Å². The van der Waals surface area contributed by atoms with E-state index in [2.05, 4.69) is 5.53 Å². The van der Waals surface area contributed by atoms with Gasteiger partial charge in [-0.15, -0.1) is 0 Å². The molecule has 0 radical (unpaired) electrons. The number of nitrogens with zero attached hydrogens (tertiary/aromatic N) is 1. The van der Waals surface area contributed by atoms with E-state index in [1.54, 1.807) is 0 Å². The average Bonchev–Trinajstić information content (AvgIpc) is 2.15. The average molecular weight is 257 g/mol. The summed E-state index contributed by atoms with van der Waals surface area (Å²) in [6.45, 7) is -1.33. The molecule has 100 valence electrons. The van der Waals surface area contributed by atoms with Gasteiger partial charge in [-0.3, -0.25) is 4.79 Å². The molecule has 0 aromatic heterocycles. The summed E-state index contributed by atoms with van der Waals surface area (Å²) < 4.78 is 35.6. The zero-order chi connectivity index (χ0) is 13.1. The molecule has 0 spiro atoms. The summed E-state index contributed by atoms with van der Waals surface area (Å²) in [6.07, 6.45) is -4.64. The fraction of sp³-hybridized carbons (Fsp3) is 0.875. The molecule has 1 heterocycles. The van der Waals surface area contributed by atoms with Gasteiger partial charge >= 0.3 is 12.1 Å². The van der Waals surface area contributed by atoms with Crippen LogP contribution < -0.4 is 11.0 Å². The van der Waals surface area contributed by atoms with Crippen LogP contribution >= 0.6 is 0 Å². The van der Waals surface area contributed by atoms with Gasteiger partial charge < -0.3 is 10.2 Å². The molecule has 1 aliphatic heterocycles. The molecule has 4 N–H and O–H groups in total. The van der Waals surface area contributed by atoms with Gasteiger partial charge in [-0.2, -0.15) is 18.7 Å². The Labute approximate surface area is 95.3 Å². The van der Waals surface area contributed by atoms with Crippen molar-refractivity contribution in [3.05, 3.63) is 0 Å². The molecule has 0 saturated carbocycles. The van der Waals surface area contributed by atoms with Crippen molar-refractivity contribution in [1.82, 2.24) is 16.0 Å². The molecular formula is C8H14F3N3O3. The molecule has 2 atom stereocenters. The van der Waals surface area contributed by atoms with Gasteiger partial charge in [-0.25, -0.2) is 10.4 Å². The number of rotatable bonds is 4. The summed E-state index contributed by atoms with van der Waals surface area (Å²) in [7, 11) is 0. The number of alkyl halides is 3. The lowest BCUT2D eigenvalue weighted by molar-refractivity contribution is -0.151. The number of piperidine rings is 1. The van der Waals surface area contributed by atoms with E-state index in [-0.39, 0.29) is 13.0 Å². The van der Waals surface area contributed by atoms with Gasteiger partial charge in [-0.05, 0) is 12.8 Å². The molecule has 1 fully saturated rings. The zero-order valence-corrected chi connectivity index (χ0v) is 8.87. The van der Waals surface area contributed by atoms with E-state index < -0.39 is 30.8 Å². The van der Waals surface area contributed by atoms with E-state index in [4.69, 9.17) is 5.11 Å². The molecule has 1 aliphatic rings. The molecule has 6 nitrogen and oxygen atoms in total. The Balaban J connectivity index is 2.44. The van der Waals surface area contributed by atoms with Crippen LogP contribution in [0.25, 0.3) is 0 Å². The summed E-state index contributed by atoms with van der Waals surface area (Å²) in [5, 5.41) is 19.2. The summed E-state index contributed by atoms with van der Waals surface area (Å²) >= 11 is 0. The van der Waals surface area contributed by atoms with Gasteiger partial charge in [0, 0.05) is 6.54 Å². The first-order valence-electron chi connectivity index (χ1n) is 5.02. The summed E-state index contributed by atoms with van der Waals surface area (Å²) in [4.78, 5) is 10.8. The van der Waals surface area contributed by atoms with Gasteiger partial charge in [0.2, 0.25) is 0 Å². The first-order chi connectivity index (χ1) is 7.79. The molecule has 1 saturated heterocycles. The predicted molar refractivity (Wildman–Crippen MR) is 50.6 cm³/mol. The summed E-state index contributed by atoms with van der Waals surface area (Å²) in [5.41, 5.74) is 4.04. The minimum Gasteiger partial charge on any atom is -0.480 e. The second-order valence-corrected chi connectivity index (χ2v) is 3.82. The Kier molecular flexibility index (Phi) is 4.69. The Morgan fingerprint density at radius 1 is 1.41 bits per heavy atom. The Morgan fingerprint density at radius 2 is 2.06 bits per heavy atom. The van der Waals surface area contributed by atoms with E-state index in [1.807, 2.05) is 5.43 Å². The maximum atomic E-state index is 11.9. The van der Waals surface area contributed by atoms with Crippen molar-refractivity contribution in [3.63, 3.8) is 0 Å². The lowest BCUT2D eigenvalue weighted by atomic mass is 10.0. The highest BCUT2D eigenvalue weighted by Gasteiger charge is 2.33. The SMILES string of the molecule is O=C(O)C1CCC(O)CN1NNCC(F)(F)F. The maximum Gasteiger partial charge on any atom is 0.402 e. The van der Waals surface area contributed by atoms with Crippen LogP contribution in [-0.2, 0) is 4.79 Å². The highest BCUT2D eigenvalue weighted by atomic mass is 19.4. The van der Waals surface area contributed by atoms with Gasteiger partial charge in [0.1, 0.15) is 12.6 Å². The second-order valence-electron chi connectivity index (χ2n) is 3.82. The van der Waals surface area contributed by atoms with Crippen molar-refractivity contribution in [3.8, 4) is 0 Å². The van der Waals surface area contributed by atoms with Crippen LogP contribution in [0.3, 0.4) is 0 Å². The maximum absolute atomic E-state index is 11.9. The molecule has 9 heteroatoms. The number of nitrogens with one attached hydrogen (secondary N) is 2. The number of hydrogen-bond acceptors (Lipinski definition) is 5. The monoisotopic (exact) mass is 257 g/mol. The number of carbonyl (C=O) groups is 1. The van der Waals surface area contributed by atoms with Crippen LogP contribution in [0.1, 0.15) is 12.8 Å². The van der Waals surface area contributed by atoms with Crippen molar-refractivity contribution in [2.24, 2.45) is 0 Å². The standard InChI is InChI=1S/C8H14F3N3O3/c9-8(10,11)4-12-13-14-3-5(15)1-2-6(14)7(16)17/h5-6,12-13,15H,1-4H2,(H,16,17). The molecule has 17 heavy (non-hydrogen) atoms.